The lowest BCUT2D eigenvalue weighted by Gasteiger charge is -2.37. The molecule has 2 rings (SSSR count). The quantitative estimate of drug-likeness (QED) is 0.932. The fraction of sp³-hybridized carbons (Fsp3) is 0.571. The van der Waals surface area contributed by atoms with Crippen molar-refractivity contribution in [3.8, 4) is 0 Å². The van der Waals surface area contributed by atoms with E-state index >= 15 is 0 Å². The van der Waals surface area contributed by atoms with Crippen LogP contribution in [0.2, 0.25) is 0 Å². The van der Waals surface area contributed by atoms with Crippen molar-refractivity contribution in [2.45, 2.75) is 32.5 Å². The van der Waals surface area contributed by atoms with Crippen LogP contribution in [-0.4, -0.2) is 31.8 Å². The topological polar surface area (TPSA) is 38.5 Å². The van der Waals surface area contributed by atoms with Crippen molar-refractivity contribution < 1.29 is 4.74 Å². The van der Waals surface area contributed by atoms with E-state index in [1.807, 2.05) is 0 Å². The van der Waals surface area contributed by atoms with Gasteiger partial charge in [-0.15, -0.1) is 0 Å². The van der Waals surface area contributed by atoms with Crippen LogP contribution in [0.5, 0.6) is 0 Å². The minimum atomic E-state index is 0.282. The van der Waals surface area contributed by atoms with Gasteiger partial charge >= 0.3 is 0 Å². The molecular weight excluding hydrogens is 292 g/mol. The summed E-state index contributed by atoms with van der Waals surface area (Å²) in [7, 11) is 0. The molecular formula is C14H21BrN2O. The number of morpholine rings is 1. The maximum atomic E-state index is 5.77. The van der Waals surface area contributed by atoms with Gasteiger partial charge < -0.3 is 15.4 Å². The highest BCUT2D eigenvalue weighted by Crippen LogP contribution is 2.29. The molecule has 1 fully saturated rings. The standard InChI is InChI=1S/C14H21BrN2O/c1-10-8-17(9-11(2)18-10)14-4-3-12(5-6-16)7-13(14)15/h3-4,7,10-11H,5-6,8-9,16H2,1-2H3. The molecule has 18 heavy (non-hydrogen) atoms. The summed E-state index contributed by atoms with van der Waals surface area (Å²) in [5, 5.41) is 0. The monoisotopic (exact) mass is 312 g/mol. The van der Waals surface area contributed by atoms with Gasteiger partial charge in [0.2, 0.25) is 0 Å². The van der Waals surface area contributed by atoms with Crippen LogP contribution in [0.15, 0.2) is 22.7 Å². The maximum Gasteiger partial charge on any atom is 0.0726 e. The summed E-state index contributed by atoms with van der Waals surface area (Å²) < 4.78 is 6.91. The summed E-state index contributed by atoms with van der Waals surface area (Å²) in [5.41, 5.74) is 8.11. The summed E-state index contributed by atoms with van der Waals surface area (Å²) >= 11 is 3.67. The molecule has 2 unspecified atom stereocenters. The molecule has 0 amide bonds. The Morgan fingerprint density at radius 3 is 2.56 bits per heavy atom. The number of hydrogen-bond acceptors (Lipinski definition) is 3. The van der Waals surface area contributed by atoms with Gasteiger partial charge in [-0.2, -0.15) is 0 Å². The Hall–Kier alpha value is -0.580. The summed E-state index contributed by atoms with van der Waals surface area (Å²) in [4.78, 5) is 2.38. The van der Waals surface area contributed by atoms with Gasteiger partial charge in [-0.1, -0.05) is 6.07 Å². The molecule has 1 saturated heterocycles. The predicted molar refractivity (Wildman–Crippen MR) is 79.1 cm³/mol. The molecule has 0 aliphatic carbocycles. The fourth-order valence-corrected chi connectivity index (χ4v) is 3.18. The number of anilines is 1. The van der Waals surface area contributed by atoms with Crippen molar-refractivity contribution in [1.82, 2.24) is 0 Å². The Morgan fingerprint density at radius 2 is 2.00 bits per heavy atom. The van der Waals surface area contributed by atoms with Crippen LogP contribution >= 0.6 is 15.9 Å². The molecule has 0 bridgehead atoms. The first-order valence-electron chi connectivity index (χ1n) is 6.49. The largest absolute Gasteiger partial charge is 0.372 e. The third kappa shape index (κ3) is 3.25. The van der Waals surface area contributed by atoms with Crippen LogP contribution in [0.25, 0.3) is 0 Å². The molecule has 2 N–H and O–H groups in total. The molecule has 1 aliphatic rings. The number of ether oxygens (including phenoxy) is 1. The fourth-order valence-electron chi connectivity index (χ4n) is 2.50. The van der Waals surface area contributed by atoms with E-state index in [0.29, 0.717) is 6.54 Å². The molecule has 2 atom stereocenters. The first-order valence-corrected chi connectivity index (χ1v) is 7.28. The van der Waals surface area contributed by atoms with Gasteiger partial charge in [-0.25, -0.2) is 0 Å². The second-order valence-electron chi connectivity index (χ2n) is 4.99. The van der Waals surface area contributed by atoms with E-state index < -0.39 is 0 Å². The molecule has 0 saturated carbocycles. The van der Waals surface area contributed by atoms with Crippen LogP contribution in [0.4, 0.5) is 5.69 Å². The lowest BCUT2D eigenvalue weighted by Crippen LogP contribution is -2.45. The third-order valence-corrected chi connectivity index (χ3v) is 3.84. The maximum absolute atomic E-state index is 5.77. The molecule has 1 heterocycles. The Labute approximate surface area is 117 Å². The van der Waals surface area contributed by atoms with E-state index in [1.54, 1.807) is 0 Å². The summed E-state index contributed by atoms with van der Waals surface area (Å²) in [5.74, 6) is 0. The second-order valence-corrected chi connectivity index (χ2v) is 5.84. The van der Waals surface area contributed by atoms with Gasteiger partial charge in [0.25, 0.3) is 0 Å². The predicted octanol–water partition coefficient (Wildman–Crippen LogP) is 2.56. The summed E-state index contributed by atoms with van der Waals surface area (Å²) in [6.45, 7) is 6.83. The lowest BCUT2D eigenvalue weighted by molar-refractivity contribution is -0.00525. The Balaban J connectivity index is 2.17. The summed E-state index contributed by atoms with van der Waals surface area (Å²) in [6, 6.07) is 6.52. The van der Waals surface area contributed by atoms with E-state index in [-0.39, 0.29) is 12.2 Å². The van der Waals surface area contributed by atoms with E-state index in [9.17, 15) is 0 Å². The zero-order valence-electron chi connectivity index (χ0n) is 11.0. The number of halogens is 1. The first kappa shape index (κ1) is 13.8. The third-order valence-electron chi connectivity index (χ3n) is 3.21. The number of benzene rings is 1. The average Bonchev–Trinajstić information content (AvgIpc) is 2.28. The van der Waals surface area contributed by atoms with Crippen LogP contribution in [0.3, 0.4) is 0 Å². The molecule has 3 nitrogen and oxygen atoms in total. The number of rotatable bonds is 3. The Bertz CT molecular complexity index is 401. The molecule has 1 aliphatic heterocycles. The minimum absolute atomic E-state index is 0.282. The average molecular weight is 313 g/mol. The summed E-state index contributed by atoms with van der Waals surface area (Å²) in [6.07, 6.45) is 1.49. The Kier molecular flexibility index (Phi) is 4.65. The first-order chi connectivity index (χ1) is 8.60. The van der Waals surface area contributed by atoms with Crippen molar-refractivity contribution in [3.05, 3.63) is 28.2 Å². The highest BCUT2D eigenvalue weighted by molar-refractivity contribution is 9.10. The SMILES string of the molecule is CC1CN(c2ccc(CCN)cc2Br)CC(C)O1. The van der Waals surface area contributed by atoms with Gasteiger partial charge in [0, 0.05) is 17.6 Å². The zero-order chi connectivity index (χ0) is 13.1. The second kappa shape index (κ2) is 6.04. The highest BCUT2D eigenvalue weighted by Gasteiger charge is 2.23. The van der Waals surface area contributed by atoms with Crippen LogP contribution in [-0.2, 0) is 11.2 Å². The van der Waals surface area contributed by atoms with Crippen molar-refractivity contribution in [2.75, 3.05) is 24.5 Å². The van der Waals surface area contributed by atoms with E-state index in [4.69, 9.17) is 10.5 Å². The zero-order valence-corrected chi connectivity index (χ0v) is 12.6. The Morgan fingerprint density at radius 1 is 1.33 bits per heavy atom. The van der Waals surface area contributed by atoms with Gasteiger partial charge in [-0.05, 0) is 60.4 Å². The van der Waals surface area contributed by atoms with Crippen LogP contribution in [0.1, 0.15) is 19.4 Å². The minimum Gasteiger partial charge on any atom is -0.372 e. The number of nitrogens with two attached hydrogens (primary N) is 1. The van der Waals surface area contributed by atoms with Crippen molar-refractivity contribution in [3.63, 3.8) is 0 Å². The molecule has 4 heteroatoms. The highest BCUT2D eigenvalue weighted by atomic mass is 79.9. The molecule has 1 aromatic rings. The smallest absolute Gasteiger partial charge is 0.0726 e. The molecule has 0 radical (unpaired) electrons. The van der Waals surface area contributed by atoms with Crippen molar-refractivity contribution >= 4 is 21.6 Å². The molecule has 100 valence electrons. The lowest BCUT2D eigenvalue weighted by atomic mass is 10.1. The molecule has 0 aromatic heterocycles. The van der Waals surface area contributed by atoms with Crippen LogP contribution in [0, 0.1) is 0 Å². The normalized spacial score (nSPS) is 24.3. The van der Waals surface area contributed by atoms with Gasteiger partial charge in [-0.3, -0.25) is 0 Å². The van der Waals surface area contributed by atoms with E-state index in [0.717, 1.165) is 24.0 Å². The van der Waals surface area contributed by atoms with Crippen molar-refractivity contribution in [1.29, 1.82) is 0 Å². The van der Waals surface area contributed by atoms with Crippen molar-refractivity contribution in [2.24, 2.45) is 5.73 Å². The van der Waals surface area contributed by atoms with E-state index in [1.165, 1.54) is 11.3 Å². The molecule has 1 aromatic carbocycles. The van der Waals surface area contributed by atoms with Gasteiger partial charge in [0.1, 0.15) is 0 Å². The molecule has 0 spiro atoms. The van der Waals surface area contributed by atoms with E-state index in [2.05, 4.69) is 52.9 Å². The van der Waals surface area contributed by atoms with Gasteiger partial charge in [0.15, 0.2) is 0 Å². The van der Waals surface area contributed by atoms with Gasteiger partial charge in [0.05, 0.1) is 17.9 Å². The number of hydrogen-bond donors (Lipinski definition) is 1. The number of nitrogens with zero attached hydrogens (tertiary/aromatic N) is 1. The van der Waals surface area contributed by atoms with Crippen LogP contribution < -0.4 is 10.6 Å².